The van der Waals surface area contributed by atoms with Crippen molar-refractivity contribution in [3.05, 3.63) is 0 Å². The van der Waals surface area contributed by atoms with Gasteiger partial charge in [-0.2, -0.15) is 0 Å². The fourth-order valence-electron chi connectivity index (χ4n) is 5.77. The number of amides is 3. The molecule has 7 atom stereocenters. The fourth-order valence-corrected chi connectivity index (χ4v) is 5.77. The van der Waals surface area contributed by atoms with Gasteiger partial charge >= 0.3 is 12.1 Å². The van der Waals surface area contributed by atoms with E-state index in [1.54, 1.807) is 0 Å². The maximum Gasteiger partial charge on any atom is 0.408 e. The number of ether oxygens (including phenoxy) is 1. The topological polar surface area (TPSA) is 125 Å². The lowest BCUT2D eigenvalue weighted by molar-refractivity contribution is -0.146. The summed E-state index contributed by atoms with van der Waals surface area (Å²) in [5.41, 5.74) is -1.82. The molecule has 4 aliphatic rings. The van der Waals surface area contributed by atoms with Gasteiger partial charge in [0.2, 0.25) is 11.8 Å². The minimum atomic E-state index is -1.23. The molecule has 3 saturated carbocycles. The molecular formula is C24H37N3O6. The van der Waals surface area contributed by atoms with E-state index in [9.17, 15) is 24.3 Å². The van der Waals surface area contributed by atoms with Crippen LogP contribution >= 0.6 is 0 Å². The van der Waals surface area contributed by atoms with Crippen LogP contribution in [0.1, 0.15) is 72.6 Å². The van der Waals surface area contributed by atoms with Crippen molar-refractivity contribution in [3.63, 3.8) is 0 Å². The molecule has 1 heterocycles. The van der Waals surface area contributed by atoms with Gasteiger partial charge in [0.05, 0.1) is 0 Å². The third kappa shape index (κ3) is 4.68. The first-order valence-corrected chi connectivity index (χ1v) is 12.3. The Morgan fingerprint density at radius 2 is 1.82 bits per heavy atom. The van der Waals surface area contributed by atoms with Crippen molar-refractivity contribution in [2.45, 2.75) is 96.4 Å². The van der Waals surface area contributed by atoms with Crippen LogP contribution in [-0.2, 0) is 19.1 Å². The van der Waals surface area contributed by atoms with E-state index < -0.39 is 41.0 Å². The van der Waals surface area contributed by atoms with Crippen molar-refractivity contribution in [2.24, 2.45) is 23.2 Å². The van der Waals surface area contributed by atoms with E-state index in [-0.39, 0.29) is 17.9 Å². The highest BCUT2D eigenvalue weighted by Crippen LogP contribution is 2.52. The summed E-state index contributed by atoms with van der Waals surface area (Å²) in [6.07, 6.45) is 4.52. The number of hydrogen-bond acceptors (Lipinski definition) is 5. The Morgan fingerprint density at radius 3 is 2.36 bits per heavy atom. The average molecular weight is 464 g/mol. The second-order valence-electron chi connectivity index (χ2n) is 11.5. The second-order valence-corrected chi connectivity index (χ2v) is 11.5. The number of nitrogens with zero attached hydrogens (tertiary/aromatic N) is 1. The minimum Gasteiger partial charge on any atom is -0.479 e. The normalized spacial score (nSPS) is 35.4. The Kier molecular flexibility index (Phi) is 6.12. The van der Waals surface area contributed by atoms with Crippen LogP contribution in [0.2, 0.25) is 0 Å². The van der Waals surface area contributed by atoms with E-state index in [0.717, 1.165) is 12.8 Å². The summed E-state index contributed by atoms with van der Waals surface area (Å²) >= 11 is 0. The molecule has 1 unspecified atom stereocenters. The van der Waals surface area contributed by atoms with Gasteiger partial charge in [0.1, 0.15) is 23.7 Å². The molecule has 0 aromatic carbocycles. The highest BCUT2D eigenvalue weighted by atomic mass is 16.6. The first-order valence-electron chi connectivity index (χ1n) is 12.3. The van der Waals surface area contributed by atoms with Gasteiger partial charge in [-0.05, 0) is 61.7 Å². The number of hydrogen-bond donors (Lipinski definition) is 3. The summed E-state index contributed by atoms with van der Waals surface area (Å²) < 4.78 is 5.58. The molecule has 9 nitrogen and oxygen atoms in total. The van der Waals surface area contributed by atoms with E-state index in [2.05, 4.69) is 10.6 Å². The Balaban J connectivity index is 1.41. The number of alkyl carbamates (subject to hydrolysis) is 1. The summed E-state index contributed by atoms with van der Waals surface area (Å²) in [7, 11) is 0. The molecule has 1 aliphatic heterocycles. The zero-order valence-corrected chi connectivity index (χ0v) is 20.1. The van der Waals surface area contributed by atoms with Gasteiger partial charge in [0.25, 0.3) is 0 Å². The molecule has 184 valence electrons. The predicted octanol–water partition coefficient (Wildman–Crippen LogP) is 2.29. The van der Waals surface area contributed by atoms with Gasteiger partial charge in [-0.15, -0.1) is 0 Å². The van der Waals surface area contributed by atoms with Gasteiger partial charge in [-0.3, -0.25) is 9.59 Å². The number of fused-ring (bicyclic) bond motifs is 1. The highest BCUT2D eigenvalue weighted by molar-refractivity contribution is 5.96. The standard InChI is InChI=1S/C24H37N3O6/c1-5-15-12-24(15,21(30)31)26-19(28)17-7-6-8-27(17)20(29)18(23(2,3)4)25-22(32)33-16-10-13-9-14(13)11-16/h13-18H,5-12H2,1-4H3,(H,25,32)(H,26,28)(H,30,31)/t13-,14?,15-,16+,17+,18-,24-/m1/s1. The average Bonchev–Trinajstić information content (AvgIpc) is 3.50. The fraction of sp³-hybridized carbons (Fsp3) is 0.833. The molecule has 3 N–H and O–H groups in total. The molecular weight excluding hydrogens is 426 g/mol. The highest BCUT2D eigenvalue weighted by Gasteiger charge is 2.61. The van der Waals surface area contributed by atoms with Crippen LogP contribution in [-0.4, -0.2) is 64.2 Å². The van der Waals surface area contributed by atoms with Gasteiger partial charge in [-0.1, -0.05) is 34.1 Å². The molecule has 3 amide bonds. The zero-order chi connectivity index (χ0) is 24.1. The number of carboxylic acids is 1. The lowest BCUT2D eigenvalue weighted by atomic mass is 9.85. The molecule has 0 aromatic heterocycles. The quantitative estimate of drug-likeness (QED) is 0.532. The summed E-state index contributed by atoms with van der Waals surface area (Å²) in [6, 6.07) is -1.59. The van der Waals surface area contributed by atoms with Gasteiger partial charge in [-0.25, -0.2) is 9.59 Å². The molecule has 0 aromatic rings. The van der Waals surface area contributed by atoms with Gasteiger partial charge in [0, 0.05) is 6.54 Å². The van der Waals surface area contributed by atoms with Crippen LogP contribution in [0, 0.1) is 23.2 Å². The molecule has 9 heteroatoms. The van der Waals surface area contributed by atoms with Crippen LogP contribution in [0.15, 0.2) is 0 Å². The summed E-state index contributed by atoms with van der Waals surface area (Å²) in [4.78, 5) is 52.5. The molecule has 0 radical (unpaired) electrons. The van der Waals surface area contributed by atoms with Crippen LogP contribution in [0.5, 0.6) is 0 Å². The Morgan fingerprint density at radius 1 is 1.15 bits per heavy atom. The van der Waals surface area contributed by atoms with Crippen molar-refractivity contribution < 1.29 is 29.0 Å². The Labute approximate surface area is 195 Å². The summed E-state index contributed by atoms with van der Waals surface area (Å²) in [5, 5.41) is 15.1. The minimum absolute atomic E-state index is 0.0907. The van der Waals surface area contributed by atoms with Crippen molar-refractivity contribution in [3.8, 4) is 0 Å². The molecule has 4 rings (SSSR count). The first kappa shape index (κ1) is 23.8. The predicted molar refractivity (Wildman–Crippen MR) is 119 cm³/mol. The zero-order valence-electron chi connectivity index (χ0n) is 20.1. The van der Waals surface area contributed by atoms with Crippen molar-refractivity contribution in [2.75, 3.05) is 6.54 Å². The summed E-state index contributed by atoms with van der Waals surface area (Å²) in [5.74, 6) is -0.526. The maximum atomic E-state index is 13.5. The van der Waals surface area contributed by atoms with Crippen LogP contribution < -0.4 is 10.6 Å². The van der Waals surface area contributed by atoms with Crippen molar-refractivity contribution in [1.82, 2.24) is 15.5 Å². The van der Waals surface area contributed by atoms with Crippen LogP contribution in [0.4, 0.5) is 4.79 Å². The second kappa shape index (κ2) is 8.47. The van der Waals surface area contributed by atoms with E-state index >= 15 is 0 Å². The molecule has 0 bridgehead atoms. The smallest absolute Gasteiger partial charge is 0.408 e. The first-order chi connectivity index (χ1) is 15.5. The SMILES string of the molecule is CC[C@@H]1C[C@]1(NC(=O)[C@@H]1CCCN1C(=O)[C@@H](NC(=O)O[C@@H]1CC2C[C@@H]2C1)C(C)(C)C)C(=O)O. The third-order valence-electron chi connectivity index (χ3n) is 8.01. The molecule has 4 fully saturated rings. The molecule has 3 aliphatic carbocycles. The van der Waals surface area contributed by atoms with E-state index in [4.69, 9.17) is 4.74 Å². The van der Waals surface area contributed by atoms with Crippen molar-refractivity contribution in [1.29, 1.82) is 0 Å². The number of carbonyl (C=O) groups is 4. The number of rotatable bonds is 7. The summed E-state index contributed by atoms with van der Waals surface area (Å²) in [6.45, 7) is 7.88. The maximum absolute atomic E-state index is 13.5. The number of carbonyl (C=O) groups excluding carboxylic acids is 3. The van der Waals surface area contributed by atoms with E-state index in [1.807, 2.05) is 27.7 Å². The number of carboxylic acid groups (broad SMARTS) is 1. The number of likely N-dealkylation sites (tertiary alicyclic amines) is 1. The Bertz CT molecular complexity index is 829. The van der Waals surface area contributed by atoms with Gasteiger partial charge in [0.15, 0.2) is 0 Å². The van der Waals surface area contributed by atoms with Crippen molar-refractivity contribution >= 4 is 23.9 Å². The lowest BCUT2D eigenvalue weighted by Gasteiger charge is -2.35. The molecule has 1 saturated heterocycles. The Hall–Kier alpha value is -2.32. The van der Waals surface area contributed by atoms with Gasteiger partial charge < -0.3 is 25.4 Å². The number of aliphatic carboxylic acids is 1. The largest absolute Gasteiger partial charge is 0.479 e. The lowest BCUT2D eigenvalue weighted by Crippen LogP contribution is -2.59. The monoisotopic (exact) mass is 463 g/mol. The third-order valence-corrected chi connectivity index (χ3v) is 8.01. The van der Waals surface area contributed by atoms with Crippen LogP contribution in [0.25, 0.3) is 0 Å². The molecule has 0 spiro atoms. The van der Waals surface area contributed by atoms with E-state index in [1.165, 1.54) is 11.3 Å². The van der Waals surface area contributed by atoms with E-state index in [0.29, 0.717) is 44.1 Å². The van der Waals surface area contributed by atoms with Crippen LogP contribution in [0.3, 0.4) is 0 Å². The number of nitrogens with one attached hydrogen (secondary N) is 2. The molecule has 33 heavy (non-hydrogen) atoms.